The Hall–Kier alpha value is -2.25. The summed E-state index contributed by atoms with van der Waals surface area (Å²) in [6.45, 7) is 1.73. The Balaban J connectivity index is 2.15. The summed E-state index contributed by atoms with van der Waals surface area (Å²) in [5.41, 5.74) is 1.24. The van der Waals surface area contributed by atoms with Crippen LogP contribution in [0.1, 0.15) is 21.6 Å². The van der Waals surface area contributed by atoms with E-state index in [0.717, 1.165) is 5.56 Å². The van der Waals surface area contributed by atoms with Gasteiger partial charge in [0.05, 0.1) is 22.7 Å². The van der Waals surface area contributed by atoms with Crippen LogP contribution in [-0.4, -0.2) is 24.5 Å². The molecule has 0 amide bonds. The quantitative estimate of drug-likeness (QED) is 0.874. The zero-order valence-corrected chi connectivity index (χ0v) is 12.1. The third kappa shape index (κ3) is 3.87. The molecular formula is C14H14N2O4S. The normalized spacial score (nSPS) is 11.3. The number of nitrogens with one attached hydrogen (secondary N) is 1. The van der Waals surface area contributed by atoms with Crippen LogP contribution in [0.15, 0.2) is 47.5 Å². The molecule has 1 aromatic heterocycles. The highest BCUT2D eigenvalue weighted by atomic mass is 32.2. The molecule has 2 aromatic rings. The molecule has 0 unspecified atom stereocenters. The summed E-state index contributed by atoms with van der Waals surface area (Å²) in [7, 11) is -3.65. The summed E-state index contributed by atoms with van der Waals surface area (Å²) in [5.74, 6) is -1.08. The molecule has 2 rings (SSSR count). The summed E-state index contributed by atoms with van der Waals surface area (Å²) >= 11 is 0. The van der Waals surface area contributed by atoms with Crippen LogP contribution in [0.25, 0.3) is 0 Å². The van der Waals surface area contributed by atoms with Gasteiger partial charge in [0, 0.05) is 6.20 Å². The second-order valence-electron chi connectivity index (χ2n) is 4.48. The predicted molar refractivity (Wildman–Crippen MR) is 76.4 cm³/mol. The molecule has 0 aliphatic rings. The van der Waals surface area contributed by atoms with E-state index in [4.69, 9.17) is 5.11 Å². The number of aromatic carboxylic acids is 1. The molecule has 2 N–H and O–H groups in total. The van der Waals surface area contributed by atoms with Crippen LogP contribution < -0.4 is 4.72 Å². The minimum absolute atomic E-state index is 0.0646. The Morgan fingerprint density at radius 1 is 1.29 bits per heavy atom. The first-order chi connectivity index (χ1) is 9.88. The fourth-order valence-electron chi connectivity index (χ4n) is 1.74. The monoisotopic (exact) mass is 306 g/mol. The topological polar surface area (TPSA) is 96.4 Å². The summed E-state index contributed by atoms with van der Waals surface area (Å²) in [6, 6.07) is 9.20. The van der Waals surface area contributed by atoms with Crippen LogP contribution in [0.3, 0.4) is 0 Å². The van der Waals surface area contributed by atoms with Gasteiger partial charge in [-0.2, -0.15) is 0 Å². The summed E-state index contributed by atoms with van der Waals surface area (Å²) in [4.78, 5) is 15.0. The molecule has 1 aromatic carbocycles. The number of hydrogen-bond acceptors (Lipinski definition) is 4. The lowest BCUT2D eigenvalue weighted by Gasteiger charge is -2.07. The van der Waals surface area contributed by atoms with Gasteiger partial charge in [0.15, 0.2) is 0 Å². The minimum Gasteiger partial charge on any atom is -0.478 e. The number of sulfonamides is 1. The van der Waals surface area contributed by atoms with E-state index in [2.05, 4.69) is 9.71 Å². The van der Waals surface area contributed by atoms with Gasteiger partial charge in [-0.05, 0) is 36.8 Å². The second-order valence-corrected chi connectivity index (χ2v) is 6.25. The molecular weight excluding hydrogens is 292 g/mol. The first-order valence-corrected chi connectivity index (χ1v) is 7.61. The van der Waals surface area contributed by atoms with E-state index in [-0.39, 0.29) is 17.0 Å². The maximum absolute atomic E-state index is 12.1. The van der Waals surface area contributed by atoms with Crippen molar-refractivity contribution < 1.29 is 18.3 Å². The number of pyridine rings is 1. The summed E-state index contributed by atoms with van der Waals surface area (Å²) < 4.78 is 26.6. The van der Waals surface area contributed by atoms with Crippen LogP contribution in [-0.2, 0) is 16.6 Å². The number of nitrogens with zero attached hydrogens (tertiary/aromatic N) is 1. The van der Waals surface area contributed by atoms with Crippen molar-refractivity contribution in [3.05, 3.63) is 59.4 Å². The molecule has 0 saturated heterocycles. The smallest absolute Gasteiger partial charge is 0.335 e. The fourth-order valence-corrected chi connectivity index (χ4v) is 2.85. The standard InChI is InChI=1S/C14H14N2O4S/c1-10-3-2-4-13(7-10)21(19,20)16-9-12-8-11(14(17)18)5-6-15-12/h2-8,16H,9H2,1H3,(H,17,18). The molecule has 0 aliphatic carbocycles. The van der Waals surface area contributed by atoms with Crippen LogP contribution in [0.5, 0.6) is 0 Å². The van der Waals surface area contributed by atoms with E-state index >= 15 is 0 Å². The zero-order valence-electron chi connectivity index (χ0n) is 11.3. The highest BCUT2D eigenvalue weighted by Gasteiger charge is 2.14. The van der Waals surface area contributed by atoms with Crippen molar-refractivity contribution in [3.63, 3.8) is 0 Å². The van der Waals surface area contributed by atoms with Crippen LogP contribution >= 0.6 is 0 Å². The average molecular weight is 306 g/mol. The molecule has 0 aliphatic heterocycles. The Labute approximate surface area is 122 Å². The van der Waals surface area contributed by atoms with E-state index in [9.17, 15) is 13.2 Å². The average Bonchev–Trinajstić information content (AvgIpc) is 2.45. The molecule has 1 heterocycles. The van der Waals surface area contributed by atoms with Crippen LogP contribution in [0.2, 0.25) is 0 Å². The molecule has 21 heavy (non-hydrogen) atoms. The lowest BCUT2D eigenvalue weighted by atomic mass is 10.2. The highest BCUT2D eigenvalue weighted by Crippen LogP contribution is 2.11. The van der Waals surface area contributed by atoms with Crippen molar-refractivity contribution in [2.45, 2.75) is 18.4 Å². The Morgan fingerprint density at radius 2 is 2.05 bits per heavy atom. The van der Waals surface area contributed by atoms with Gasteiger partial charge in [-0.1, -0.05) is 12.1 Å². The molecule has 0 atom stereocenters. The third-order valence-electron chi connectivity index (χ3n) is 2.81. The number of carboxylic acids is 1. The number of aryl methyl sites for hydroxylation is 1. The van der Waals surface area contributed by atoms with Crippen molar-refractivity contribution in [1.82, 2.24) is 9.71 Å². The van der Waals surface area contributed by atoms with E-state index in [1.165, 1.54) is 24.4 Å². The zero-order chi connectivity index (χ0) is 15.5. The number of carboxylic acid groups (broad SMARTS) is 1. The number of benzene rings is 1. The first-order valence-electron chi connectivity index (χ1n) is 6.13. The van der Waals surface area contributed by atoms with Crippen molar-refractivity contribution in [3.8, 4) is 0 Å². The maximum Gasteiger partial charge on any atom is 0.335 e. The minimum atomic E-state index is -3.65. The number of carbonyl (C=O) groups is 1. The van der Waals surface area contributed by atoms with Gasteiger partial charge in [0.25, 0.3) is 0 Å². The van der Waals surface area contributed by atoms with E-state index in [1.807, 2.05) is 0 Å². The number of rotatable bonds is 5. The molecule has 0 saturated carbocycles. The molecule has 6 nitrogen and oxygen atoms in total. The first kappa shape index (κ1) is 15.1. The number of hydrogen-bond donors (Lipinski definition) is 2. The van der Waals surface area contributed by atoms with Gasteiger partial charge in [-0.15, -0.1) is 0 Å². The van der Waals surface area contributed by atoms with E-state index < -0.39 is 16.0 Å². The van der Waals surface area contributed by atoms with Crippen LogP contribution in [0, 0.1) is 6.92 Å². The molecule has 7 heteroatoms. The second kappa shape index (κ2) is 6.02. The highest BCUT2D eigenvalue weighted by molar-refractivity contribution is 7.89. The Bertz CT molecular complexity index is 772. The third-order valence-corrected chi connectivity index (χ3v) is 4.21. The van der Waals surface area contributed by atoms with Gasteiger partial charge >= 0.3 is 5.97 Å². The van der Waals surface area contributed by atoms with E-state index in [1.54, 1.807) is 25.1 Å². The van der Waals surface area contributed by atoms with Gasteiger partial charge < -0.3 is 5.11 Å². The molecule has 0 bridgehead atoms. The largest absolute Gasteiger partial charge is 0.478 e. The lowest BCUT2D eigenvalue weighted by molar-refractivity contribution is 0.0696. The summed E-state index contributed by atoms with van der Waals surface area (Å²) in [5, 5.41) is 8.88. The van der Waals surface area contributed by atoms with Gasteiger partial charge in [-0.25, -0.2) is 17.9 Å². The summed E-state index contributed by atoms with van der Waals surface area (Å²) in [6.07, 6.45) is 1.33. The van der Waals surface area contributed by atoms with Crippen molar-refractivity contribution in [2.75, 3.05) is 0 Å². The molecule has 110 valence electrons. The van der Waals surface area contributed by atoms with Crippen molar-refractivity contribution in [1.29, 1.82) is 0 Å². The Morgan fingerprint density at radius 3 is 2.71 bits per heavy atom. The van der Waals surface area contributed by atoms with Gasteiger partial charge in [0.2, 0.25) is 10.0 Å². The fraction of sp³-hybridized carbons (Fsp3) is 0.143. The molecule has 0 spiro atoms. The van der Waals surface area contributed by atoms with Crippen molar-refractivity contribution >= 4 is 16.0 Å². The lowest BCUT2D eigenvalue weighted by Crippen LogP contribution is -2.24. The van der Waals surface area contributed by atoms with Gasteiger partial charge in [0.1, 0.15) is 0 Å². The van der Waals surface area contributed by atoms with Gasteiger partial charge in [-0.3, -0.25) is 4.98 Å². The van der Waals surface area contributed by atoms with E-state index in [0.29, 0.717) is 5.69 Å². The molecule has 0 fully saturated rings. The van der Waals surface area contributed by atoms with Crippen LogP contribution in [0.4, 0.5) is 0 Å². The van der Waals surface area contributed by atoms with Crippen molar-refractivity contribution in [2.24, 2.45) is 0 Å². The predicted octanol–water partition coefficient (Wildman–Crippen LogP) is 1.57. The number of aromatic nitrogens is 1. The molecule has 0 radical (unpaired) electrons. The Kier molecular flexibility index (Phi) is 4.35. The SMILES string of the molecule is Cc1cccc(S(=O)(=O)NCc2cc(C(=O)O)ccn2)c1. The maximum atomic E-state index is 12.1.